The van der Waals surface area contributed by atoms with Gasteiger partial charge in [0, 0.05) is 11.5 Å². The van der Waals surface area contributed by atoms with Gasteiger partial charge in [-0.25, -0.2) is 9.69 Å². The summed E-state index contributed by atoms with van der Waals surface area (Å²) >= 11 is 0. The van der Waals surface area contributed by atoms with Crippen LogP contribution in [0.1, 0.15) is 56.0 Å². The van der Waals surface area contributed by atoms with Crippen LogP contribution in [-0.2, 0) is 4.74 Å². The summed E-state index contributed by atoms with van der Waals surface area (Å²) in [5.74, 6) is -0.374. The fourth-order valence-corrected chi connectivity index (χ4v) is 2.88. The summed E-state index contributed by atoms with van der Waals surface area (Å²) in [5.41, 5.74) is 0.827. The first-order valence-corrected chi connectivity index (χ1v) is 7.58. The molecule has 0 unspecified atom stereocenters. The lowest BCUT2D eigenvalue weighted by Crippen LogP contribution is -2.52. The highest BCUT2D eigenvalue weighted by Crippen LogP contribution is 2.36. The molecule has 2 rings (SSSR count). The molecule has 1 aliphatic heterocycles. The summed E-state index contributed by atoms with van der Waals surface area (Å²) in [6.45, 7) is 11.2. The molecule has 118 valence electrons. The van der Waals surface area contributed by atoms with Gasteiger partial charge in [-0.05, 0) is 38.8 Å². The Morgan fingerprint density at radius 3 is 2.55 bits per heavy atom. The Bertz CT molecular complexity index is 601. The zero-order valence-electron chi connectivity index (χ0n) is 13.6. The molecular formula is C18H23NO3. The Balaban J connectivity index is 2.48. The van der Waals surface area contributed by atoms with Crippen molar-refractivity contribution in [3.63, 3.8) is 0 Å². The summed E-state index contributed by atoms with van der Waals surface area (Å²) in [6, 6.07) is 7.11. The second-order valence-electron chi connectivity index (χ2n) is 6.48. The van der Waals surface area contributed by atoms with Gasteiger partial charge in [0.1, 0.15) is 5.60 Å². The predicted molar refractivity (Wildman–Crippen MR) is 85.9 cm³/mol. The van der Waals surface area contributed by atoms with Gasteiger partial charge in [-0.15, -0.1) is 6.58 Å². The molecule has 0 N–H and O–H groups in total. The number of nitrogens with zero attached hydrogens (tertiary/aromatic N) is 1. The third kappa shape index (κ3) is 2.91. The van der Waals surface area contributed by atoms with Gasteiger partial charge in [0.15, 0.2) is 0 Å². The van der Waals surface area contributed by atoms with Crippen molar-refractivity contribution in [1.82, 2.24) is 4.90 Å². The van der Waals surface area contributed by atoms with Crippen molar-refractivity contribution in [2.75, 3.05) is 0 Å². The highest BCUT2D eigenvalue weighted by Gasteiger charge is 2.42. The standard InChI is InChI=1S/C18H23NO3/c1-6-12-13-10-8-9-11-14(13)16(20)19(15(12)7-2)17(21)22-18(3,4)5/h6,8-12,15H,1,7H2,2-5H3/t12-,15+/m0/s1. The van der Waals surface area contributed by atoms with Gasteiger partial charge in [-0.3, -0.25) is 4.79 Å². The highest BCUT2D eigenvalue weighted by atomic mass is 16.6. The van der Waals surface area contributed by atoms with Crippen LogP contribution < -0.4 is 0 Å². The van der Waals surface area contributed by atoms with E-state index >= 15 is 0 Å². The van der Waals surface area contributed by atoms with E-state index in [1.807, 2.05) is 19.1 Å². The number of hydrogen-bond donors (Lipinski definition) is 0. The minimum atomic E-state index is -0.643. The molecule has 1 aromatic rings. The SMILES string of the molecule is C=C[C@H]1c2ccccc2C(=O)N(C(=O)OC(C)(C)C)[C@@H]1CC. The van der Waals surface area contributed by atoms with Gasteiger partial charge >= 0.3 is 6.09 Å². The number of rotatable bonds is 2. The third-order valence-electron chi connectivity index (χ3n) is 3.78. The van der Waals surface area contributed by atoms with Crippen LogP contribution in [0.4, 0.5) is 4.79 Å². The van der Waals surface area contributed by atoms with E-state index in [1.165, 1.54) is 4.90 Å². The first kappa shape index (κ1) is 16.3. The van der Waals surface area contributed by atoms with Crippen LogP contribution >= 0.6 is 0 Å². The van der Waals surface area contributed by atoms with E-state index in [0.717, 1.165) is 5.56 Å². The summed E-state index contributed by atoms with van der Waals surface area (Å²) in [7, 11) is 0. The second kappa shape index (κ2) is 5.95. The number of carbonyl (C=O) groups is 2. The Labute approximate surface area is 131 Å². The molecule has 1 heterocycles. The fourth-order valence-electron chi connectivity index (χ4n) is 2.88. The van der Waals surface area contributed by atoms with E-state index in [9.17, 15) is 9.59 Å². The number of imide groups is 1. The lowest BCUT2D eigenvalue weighted by atomic mass is 9.82. The molecule has 0 aromatic heterocycles. The normalized spacial score (nSPS) is 21.3. The zero-order valence-corrected chi connectivity index (χ0v) is 13.6. The molecule has 2 amide bonds. The maximum atomic E-state index is 12.8. The van der Waals surface area contributed by atoms with Gasteiger partial charge in [0.2, 0.25) is 0 Å². The predicted octanol–water partition coefficient (Wildman–Crippen LogP) is 4.13. The van der Waals surface area contributed by atoms with Crippen molar-refractivity contribution >= 4 is 12.0 Å². The van der Waals surface area contributed by atoms with Gasteiger partial charge in [0.05, 0.1) is 6.04 Å². The maximum absolute atomic E-state index is 12.8. The maximum Gasteiger partial charge on any atom is 0.417 e. The highest BCUT2D eigenvalue weighted by molar-refractivity contribution is 6.05. The molecule has 0 fully saturated rings. The molecule has 1 aromatic carbocycles. The van der Waals surface area contributed by atoms with Gasteiger partial charge in [-0.1, -0.05) is 31.2 Å². The molecule has 1 aliphatic rings. The molecule has 22 heavy (non-hydrogen) atoms. The number of amides is 2. The van der Waals surface area contributed by atoms with Crippen LogP contribution in [0.15, 0.2) is 36.9 Å². The van der Waals surface area contributed by atoms with E-state index < -0.39 is 11.7 Å². The first-order chi connectivity index (χ1) is 10.3. The monoisotopic (exact) mass is 301 g/mol. The summed E-state index contributed by atoms with van der Waals surface area (Å²) < 4.78 is 5.42. The number of benzene rings is 1. The largest absolute Gasteiger partial charge is 0.443 e. The second-order valence-corrected chi connectivity index (χ2v) is 6.48. The van der Waals surface area contributed by atoms with Crippen LogP contribution in [0.3, 0.4) is 0 Å². The lowest BCUT2D eigenvalue weighted by Gasteiger charge is -2.39. The summed E-state index contributed by atoms with van der Waals surface area (Å²) in [6.07, 6.45) is 1.86. The quantitative estimate of drug-likeness (QED) is 0.772. The Morgan fingerprint density at radius 2 is 2.00 bits per heavy atom. The molecule has 0 spiro atoms. The van der Waals surface area contributed by atoms with Crippen LogP contribution in [-0.4, -0.2) is 28.5 Å². The lowest BCUT2D eigenvalue weighted by molar-refractivity contribution is 0.0132. The van der Waals surface area contributed by atoms with Crippen molar-refractivity contribution < 1.29 is 14.3 Å². The molecule has 0 radical (unpaired) electrons. The van der Waals surface area contributed by atoms with Gasteiger partial charge < -0.3 is 4.74 Å². The van der Waals surface area contributed by atoms with Crippen molar-refractivity contribution in [3.05, 3.63) is 48.0 Å². The minimum Gasteiger partial charge on any atom is -0.443 e. The average molecular weight is 301 g/mol. The Hall–Kier alpha value is -2.10. The van der Waals surface area contributed by atoms with Crippen molar-refractivity contribution in [2.24, 2.45) is 0 Å². The van der Waals surface area contributed by atoms with Crippen LogP contribution in [0.25, 0.3) is 0 Å². The molecular weight excluding hydrogens is 278 g/mol. The number of hydrogen-bond acceptors (Lipinski definition) is 3. The van der Waals surface area contributed by atoms with Crippen LogP contribution in [0.5, 0.6) is 0 Å². The molecule has 4 nitrogen and oxygen atoms in total. The average Bonchev–Trinajstić information content (AvgIpc) is 2.45. The zero-order chi connectivity index (χ0) is 16.5. The first-order valence-electron chi connectivity index (χ1n) is 7.58. The van der Waals surface area contributed by atoms with E-state index in [-0.39, 0.29) is 17.9 Å². The Morgan fingerprint density at radius 1 is 1.36 bits per heavy atom. The minimum absolute atomic E-state index is 0.0774. The number of ether oxygens (including phenoxy) is 1. The smallest absolute Gasteiger partial charge is 0.417 e. The van der Waals surface area contributed by atoms with E-state index in [1.54, 1.807) is 39.0 Å². The molecule has 0 bridgehead atoms. The van der Waals surface area contributed by atoms with Crippen molar-refractivity contribution in [2.45, 2.75) is 51.7 Å². The third-order valence-corrected chi connectivity index (χ3v) is 3.78. The Kier molecular flexibility index (Phi) is 4.40. The van der Waals surface area contributed by atoms with Gasteiger partial charge in [-0.2, -0.15) is 0 Å². The number of fused-ring (bicyclic) bond motifs is 1. The molecule has 0 saturated heterocycles. The van der Waals surface area contributed by atoms with Gasteiger partial charge in [0.25, 0.3) is 5.91 Å². The van der Waals surface area contributed by atoms with E-state index in [4.69, 9.17) is 4.74 Å². The molecule has 0 aliphatic carbocycles. The molecule has 2 atom stereocenters. The molecule has 4 heteroatoms. The van der Waals surface area contributed by atoms with E-state index in [0.29, 0.717) is 12.0 Å². The summed E-state index contributed by atoms with van der Waals surface area (Å²) in [5, 5.41) is 0. The van der Waals surface area contributed by atoms with Crippen LogP contribution in [0, 0.1) is 0 Å². The van der Waals surface area contributed by atoms with Crippen molar-refractivity contribution in [1.29, 1.82) is 0 Å². The topological polar surface area (TPSA) is 46.6 Å². The summed E-state index contributed by atoms with van der Waals surface area (Å²) in [4.78, 5) is 26.5. The fraction of sp³-hybridized carbons (Fsp3) is 0.444. The number of carbonyl (C=O) groups excluding carboxylic acids is 2. The van der Waals surface area contributed by atoms with Crippen molar-refractivity contribution in [3.8, 4) is 0 Å². The van der Waals surface area contributed by atoms with E-state index in [2.05, 4.69) is 6.58 Å². The van der Waals surface area contributed by atoms with Crippen LogP contribution in [0.2, 0.25) is 0 Å². The molecule has 0 saturated carbocycles.